The number of piperidine rings is 1. The Morgan fingerprint density at radius 3 is 2.44 bits per heavy atom. The number of carbonyl (C=O) groups is 1. The van der Waals surface area contributed by atoms with Gasteiger partial charge in [0, 0.05) is 44.2 Å². The number of alkyl carbamates (subject to hydrolysis) is 1. The van der Waals surface area contributed by atoms with Gasteiger partial charge >= 0.3 is 11.8 Å². The van der Waals surface area contributed by atoms with Crippen molar-refractivity contribution in [1.29, 1.82) is 0 Å². The van der Waals surface area contributed by atoms with Crippen LogP contribution in [0.25, 0.3) is 11.0 Å². The van der Waals surface area contributed by atoms with E-state index in [0.29, 0.717) is 13.0 Å². The van der Waals surface area contributed by atoms with Crippen LogP contribution < -0.4 is 11.0 Å². The summed E-state index contributed by atoms with van der Waals surface area (Å²) in [6.07, 6.45) is 2.70. The van der Waals surface area contributed by atoms with Crippen molar-refractivity contribution < 1.29 is 24.1 Å². The van der Waals surface area contributed by atoms with Crippen LogP contribution in [0.2, 0.25) is 0 Å². The summed E-state index contributed by atoms with van der Waals surface area (Å²) in [4.78, 5) is 30.0. The number of nitrogens with zero attached hydrogens (tertiary/aromatic N) is 2. The third-order valence-corrected chi connectivity index (χ3v) is 8.64. The summed E-state index contributed by atoms with van der Waals surface area (Å²) in [5.41, 5.74) is 5.51. The predicted octanol–water partition coefficient (Wildman–Crippen LogP) is 5.12. The Bertz CT molecular complexity index is 1640. The van der Waals surface area contributed by atoms with Gasteiger partial charge in [0.2, 0.25) is 0 Å². The van der Waals surface area contributed by atoms with Gasteiger partial charge in [-0.3, -0.25) is 4.57 Å². The van der Waals surface area contributed by atoms with Gasteiger partial charge in [-0.1, -0.05) is 73.3 Å². The zero-order chi connectivity index (χ0) is 31.2. The van der Waals surface area contributed by atoms with Crippen LogP contribution in [0.15, 0.2) is 90.2 Å². The summed E-state index contributed by atoms with van der Waals surface area (Å²) in [7, 11) is 0. The number of amides is 1. The first-order chi connectivity index (χ1) is 22.0. The van der Waals surface area contributed by atoms with Gasteiger partial charge in [0.15, 0.2) is 6.29 Å². The zero-order valence-electron chi connectivity index (χ0n) is 25.3. The molecule has 1 amide bonds. The molecule has 0 bridgehead atoms. The lowest BCUT2D eigenvalue weighted by Gasteiger charge is -2.40. The van der Waals surface area contributed by atoms with Crippen molar-refractivity contribution in [1.82, 2.24) is 19.8 Å². The molecular weight excluding hydrogens is 572 g/mol. The average molecular weight is 613 g/mol. The molecule has 2 fully saturated rings. The molecule has 0 saturated carbocycles. The highest BCUT2D eigenvalue weighted by Crippen LogP contribution is 2.38. The van der Waals surface area contributed by atoms with E-state index in [1.54, 1.807) is 0 Å². The largest absolute Gasteiger partial charge is 0.445 e. The third kappa shape index (κ3) is 7.37. The molecule has 0 unspecified atom stereocenters. The number of fused-ring (bicyclic) bond motifs is 1. The van der Waals surface area contributed by atoms with Crippen LogP contribution in [0.1, 0.15) is 60.0 Å². The Hall–Kier alpha value is -4.22. The van der Waals surface area contributed by atoms with Crippen molar-refractivity contribution >= 4 is 17.1 Å². The van der Waals surface area contributed by atoms with Crippen LogP contribution in [0.4, 0.5) is 4.79 Å². The van der Waals surface area contributed by atoms with Crippen LogP contribution in [0.3, 0.4) is 0 Å². The molecular formula is C35H40N4O6. The molecule has 2 aliphatic rings. The zero-order valence-corrected chi connectivity index (χ0v) is 25.3. The van der Waals surface area contributed by atoms with Crippen molar-refractivity contribution in [2.45, 2.75) is 57.0 Å². The number of nitrogens with one attached hydrogen (secondary N) is 2. The molecule has 3 heterocycles. The lowest BCUT2D eigenvalue weighted by atomic mass is 9.98. The van der Waals surface area contributed by atoms with Gasteiger partial charge in [0.25, 0.3) is 0 Å². The lowest BCUT2D eigenvalue weighted by molar-refractivity contribution is -0.253. The van der Waals surface area contributed by atoms with Gasteiger partial charge in [-0.05, 0) is 41.7 Å². The number of benzene rings is 3. The van der Waals surface area contributed by atoms with E-state index in [2.05, 4.69) is 21.8 Å². The molecule has 2 saturated heterocycles. The molecule has 45 heavy (non-hydrogen) atoms. The molecule has 1 aromatic heterocycles. The first-order valence-corrected chi connectivity index (χ1v) is 15.5. The second-order valence-electron chi connectivity index (χ2n) is 11.7. The van der Waals surface area contributed by atoms with E-state index in [9.17, 15) is 14.7 Å². The summed E-state index contributed by atoms with van der Waals surface area (Å²) in [5, 5.41) is 12.2. The van der Waals surface area contributed by atoms with E-state index < -0.39 is 12.4 Å². The molecule has 0 radical (unpaired) electrons. The number of ether oxygens (including phenoxy) is 3. The van der Waals surface area contributed by atoms with E-state index in [0.717, 1.165) is 65.8 Å². The summed E-state index contributed by atoms with van der Waals surface area (Å²) in [6, 6.07) is 23.7. The smallest absolute Gasteiger partial charge is 0.407 e. The Morgan fingerprint density at radius 1 is 1.00 bits per heavy atom. The highest BCUT2D eigenvalue weighted by Gasteiger charge is 2.34. The van der Waals surface area contributed by atoms with Crippen LogP contribution in [0.5, 0.6) is 0 Å². The molecule has 0 aliphatic carbocycles. The molecule has 4 aromatic rings. The minimum absolute atomic E-state index is 0.00598. The quantitative estimate of drug-likeness (QED) is 0.213. The Kier molecular flexibility index (Phi) is 9.75. The molecule has 0 spiro atoms. The Morgan fingerprint density at radius 2 is 1.71 bits per heavy atom. The number of aromatic amines is 1. The van der Waals surface area contributed by atoms with E-state index in [-0.39, 0.29) is 37.2 Å². The van der Waals surface area contributed by atoms with E-state index >= 15 is 0 Å². The second kappa shape index (κ2) is 14.3. The number of H-pyrrole nitrogens is 1. The maximum atomic E-state index is 12.8. The minimum atomic E-state index is -0.562. The SMILES string of the molecule is C=CCOC(=O)NCc1ccc([C@H]2O[C@@H](CN3CCC(n4c(=O)[nH]c5ccccc54)CC3)C[C@@H](c3ccc(CO)cc3)O2)cc1. The average Bonchev–Trinajstić information content (AvgIpc) is 3.42. The monoisotopic (exact) mass is 612 g/mol. The summed E-state index contributed by atoms with van der Waals surface area (Å²) in [6.45, 7) is 6.54. The second-order valence-corrected chi connectivity index (χ2v) is 11.7. The standard InChI is InChI=1S/C35H40N4O6/c1-2-19-43-35(42)36-21-24-7-13-27(14-8-24)33-44-29(20-32(45-33)26-11-9-25(23-40)10-12-26)22-38-17-15-28(16-18-38)39-31-6-4-3-5-30(31)37-34(39)41/h2-14,28-29,32-33,40H,1,15-23H2,(H,36,42)(H,37,41)/t29-,32+,33+/m1/s1. The number of hydrogen-bond acceptors (Lipinski definition) is 7. The third-order valence-electron chi connectivity index (χ3n) is 8.64. The topological polar surface area (TPSA) is 118 Å². The number of aromatic nitrogens is 2. The fraction of sp³-hybridized carbons (Fsp3) is 0.371. The highest BCUT2D eigenvalue weighted by atomic mass is 16.7. The van der Waals surface area contributed by atoms with Crippen molar-refractivity contribution in [2.75, 3.05) is 26.2 Å². The molecule has 3 N–H and O–H groups in total. The Balaban J connectivity index is 1.12. The number of para-hydroxylation sites is 2. The fourth-order valence-corrected chi connectivity index (χ4v) is 6.27. The van der Waals surface area contributed by atoms with Gasteiger partial charge in [-0.2, -0.15) is 0 Å². The molecule has 236 valence electrons. The number of likely N-dealkylation sites (tertiary alicyclic amines) is 1. The molecule has 10 heteroatoms. The van der Waals surface area contributed by atoms with E-state index in [4.69, 9.17) is 14.2 Å². The van der Waals surface area contributed by atoms with Crippen molar-refractivity contribution in [2.24, 2.45) is 0 Å². The summed E-state index contributed by atoms with van der Waals surface area (Å²) < 4.78 is 20.0. The number of aliphatic hydroxyl groups is 1. The Labute approximate surface area is 262 Å². The number of imidazole rings is 1. The van der Waals surface area contributed by atoms with Crippen LogP contribution in [-0.4, -0.2) is 58.0 Å². The molecule has 3 atom stereocenters. The highest BCUT2D eigenvalue weighted by molar-refractivity contribution is 5.75. The summed E-state index contributed by atoms with van der Waals surface area (Å²) >= 11 is 0. The van der Waals surface area contributed by atoms with E-state index in [1.807, 2.05) is 77.4 Å². The van der Waals surface area contributed by atoms with Crippen LogP contribution >= 0.6 is 0 Å². The maximum absolute atomic E-state index is 12.8. The number of hydrogen-bond donors (Lipinski definition) is 3. The molecule has 10 nitrogen and oxygen atoms in total. The normalized spacial score (nSPS) is 21.0. The molecule has 6 rings (SSSR count). The van der Waals surface area contributed by atoms with Gasteiger partial charge in [-0.25, -0.2) is 9.59 Å². The van der Waals surface area contributed by atoms with Crippen molar-refractivity contribution in [3.8, 4) is 0 Å². The number of aliphatic hydroxyl groups excluding tert-OH is 1. The van der Waals surface area contributed by atoms with Gasteiger partial charge in [0.1, 0.15) is 6.61 Å². The predicted molar refractivity (Wildman–Crippen MR) is 171 cm³/mol. The maximum Gasteiger partial charge on any atom is 0.407 e. The minimum Gasteiger partial charge on any atom is -0.445 e. The summed E-state index contributed by atoms with van der Waals surface area (Å²) in [5.74, 6) is 0. The molecule has 2 aliphatic heterocycles. The first-order valence-electron chi connectivity index (χ1n) is 15.5. The lowest BCUT2D eigenvalue weighted by Crippen LogP contribution is -2.43. The number of rotatable bonds is 10. The van der Waals surface area contributed by atoms with Crippen molar-refractivity contribution in [3.05, 3.63) is 118 Å². The number of carbonyl (C=O) groups excluding carboxylic acids is 1. The van der Waals surface area contributed by atoms with Gasteiger partial charge < -0.3 is 34.5 Å². The van der Waals surface area contributed by atoms with Crippen molar-refractivity contribution in [3.63, 3.8) is 0 Å². The van der Waals surface area contributed by atoms with E-state index in [1.165, 1.54) is 6.08 Å². The van der Waals surface area contributed by atoms with Gasteiger partial charge in [0.05, 0.1) is 29.8 Å². The van der Waals surface area contributed by atoms with Gasteiger partial charge in [-0.15, -0.1) is 0 Å². The molecule has 3 aromatic carbocycles. The fourth-order valence-electron chi connectivity index (χ4n) is 6.27. The van der Waals surface area contributed by atoms with Crippen LogP contribution in [0, 0.1) is 0 Å². The first kappa shape index (κ1) is 30.8. The van der Waals surface area contributed by atoms with Crippen LogP contribution in [-0.2, 0) is 27.4 Å².